The van der Waals surface area contributed by atoms with Crippen LogP contribution < -0.4 is 4.72 Å². The van der Waals surface area contributed by atoms with Crippen LogP contribution in [0.3, 0.4) is 0 Å². The third-order valence-corrected chi connectivity index (χ3v) is 6.85. The van der Waals surface area contributed by atoms with Gasteiger partial charge in [0, 0.05) is 0 Å². The van der Waals surface area contributed by atoms with Gasteiger partial charge in [0.05, 0.1) is 6.04 Å². The normalized spacial score (nSPS) is 12.9. The minimum atomic E-state index is -3.57. The Balaban J connectivity index is 2.04. The van der Waals surface area contributed by atoms with Crippen LogP contribution in [-0.2, 0) is 10.0 Å². The average molecular weight is 358 g/mol. The first-order valence-corrected chi connectivity index (χ1v) is 10.0. The monoisotopic (exact) mass is 357 g/mol. The Bertz CT molecular complexity index is 917. The first-order valence-electron chi connectivity index (χ1n) is 7.65. The van der Waals surface area contributed by atoms with E-state index in [1.165, 1.54) is 16.9 Å². The first kappa shape index (κ1) is 16.9. The van der Waals surface area contributed by atoms with Gasteiger partial charge in [-0.3, -0.25) is 0 Å². The fourth-order valence-corrected chi connectivity index (χ4v) is 4.77. The summed E-state index contributed by atoms with van der Waals surface area (Å²) in [6.07, 6.45) is 0. The van der Waals surface area contributed by atoms with Gasteiger partial charge >= 0.3 is 0 Å². The van der Waals surface area contributed by atoms with Gasteiger partial charge in [-0.25, -0.2) is 8.42 Å². The highest BCUT2D eigenvalue weighted by Crippen LogP contribution is 2.27. The molecule has 3 nitrogen and oxygen atoms in total. The molecule has 0 bridgehead atoms. The zero-order valence-corrected chi connectivity index (χ0v) is 15.2. The summed E-state index contributed by atoms with van der Waals surface area (Å²) in [7, 11) is -3.57. The van der Waals surface area contributed by atoms with Gasteiger partial charge in [-0.05, 0) is 47.5 Å². The van der Waals surface area contributed by atoms with Crippen LogP contribution in [0.5, 0.6) is 0 Å². The van der Waals surface area contributed by atoms with Crippen molar-refractivity contribution in [3.8, 4) is 0 Å². The van der Waals surface area contributed by atoms with Gasteiger partial charge in [-0.2, -0.15) is 4.72 Å². The molecule has 1 heterocycles. The van der Waals surface area contributed by atoms with Crippen LogP contribution in [0.1, 0.15) is 28.3 Å². The lowest BCUT2D eigenvalue weighted by molar-refractivity contribution is 0.574. The van der Waals surface area contributed by atoms with Gasteiger partial charge in [0.25, 0.3) is 10.0 Å². The molecule has 0 spiro atoms. The summed E-state index contributed by atoms with van der Waals surface area (Å²) in [5.41, 5.74) is 4.18. The molecule has 3 rings (SSSR count). The zero-order chi connectivity index (χ0) is 17.2. The van der Waals surface area contributed by atoms with Gasteiger partial charge in [-0.15, -0.1) is 11.3 Å². The van der Waals surface area contributed by atoms with E-state index in [-0.39, 0.29) is 0 Å². The minimum Gasteiger partial charge on any atom is -0.206 e. The van der Waals surface area contributed by atoms with Crippen LogP contribution in [0, 0.1) is 13.8 Å². The van der Waals surface area contributed by atoms with Crippen LogP contribution in [0.15, 0.2) is 70.3 Å². The summed E-state index contributed by atoms with van der Waals surface area (Å²) in [6.45, 7) is 4.08. The van der Waals surface area contributed by atoms with Crippen molar-refractivity contribution >= 4 is 21.4 Å². The predicted molar refractivity (Wildman–Crippen MR) is 98.8 cm³/mol. The number of thiophene rings is 1. The summed E-state index contributed by atoms with van der Waals surface area (Å²) >= 11 is 1.22. The van der Waals surface area contributed by atoms with Crippen LogP contribution in [0.2, 0.25) is 0 Å². The van der Waals surface area contributed by atoms with Gasteiger partial charge < -0.3 is 0 Å². The number of hydrogen-bond acceptors (Lipinski definition) is 3. The summed E-state index contributed by atoms with van der Waals surface area (Å²) in [6, 6.07) is 18.6. The Labute approximate surface area is 147 Å². The molecule has 0 amide bonds. The molecule has 5 heteroatoms. The number of nitrogens with one attached hydrogen (secondary N) is 1. The lowest BCUT2D eigenvalue weighted by Crippen LogP contribution is -2.29. The number of hydrogen-bond donors (Lipinski definition) is 1. The maximum absolute atomic E-state index is 12.7. The van der Waals surface area contributed by atoms with Crippen molar-refractivity contribution in [2.45, 2.75) is 24.1 Å². The van der Waals surface area contributed by atoms with E-state index in [2.05, 4.69) is 4.72 Å². The van der Waals surface area contributed by atoms with Crippen LogP contribution >= 0.6 is 11.3 Å². The maximum Gasteiger partial charge on any atom is 0.250 e. The first-order chi connectivity index (χ1) is 11.5. The van der Waals surface area contributed by atoms with Crippen molar-refractivity contribution in [3.63, 3.8) is 0 Å². The summed E-state index contributed by atoms with van der Waals surface area (Å²) in [5.74, 6) is 0. The Kier molecular flexibility index (Phi) is 4.85. The highest BCUT2D eigenvalue weighted by Gasteiger charge is 2.23. The summed E-state index contributed by atoms with van der Waals surface area (Å²) in [4.78, 5) is 0. The molecule has 2 aromatic carbocycles. The van der Waals surface area contributed by atoms with Gasteiger partial charge in [0.2, 0.25) is 0 Å². The molecule has 3 aromatic rings. The second-order valence-electron chi connectivity index (χ2n) is 5.74. The molecular formula is C19H19NO2S2. The van der Waals surface area contributed by atoms with Crippen molar-refractivity contribution in [1.82, 2.24) is 4.72 Å². The van der Waals surface area contributed by atoms with E-state index in [9.17, 15) is 8.42 Å². The van der Waals surface area contributed by atoms with Gasteiger partial charge in [0.15, 0.2) is 0 Å². The number of aryl methyl sites for hydroxylation is 2. The van der Waals surface area contributed by atoms with Crippen molar-refractivity contribution in [1.29, 1.82) is 0 Å². The van der Waals surface area contributed by atoms with Crippen molar-refractivity contribution < 1.29 is 8.42 Å². The molecule has 1 atom stereocenters. The van der Waals surface area contributed by atoms with E-state index >= 15 is 0 Å². The highest BCUT2D eigenvalue weighted by molar-refractivity contribution is 7.91. The Morgan fingerprint density at radius 3 is 2.25 bits per heavy atom. The largest absolute Gasteiger partial charge is 0.250 e. The molecule has 0 fully saturated rings. The molecule has 0 aliphatic heterocycles. The lowest BCUT2D eigenvalue weighted by atomic mass is 9.96. The Morgan fingerprint density at radius 2 is 1.62 bits per heavy atom. The third-order valence-electron chi connectivity index (χ3n) is 4.03. The second kappa shape index (κ2) is 6.89. The van der Waals surface area contributed by atoms with Crippen molar-refractivity contribution in [3.05, 3.63) is 88.3 Å². The topological polar surface area (TPSA) is 46.2 Å². The zero-order valence-electron chi connectivity index (χ0n) is 13.6. The van der Waals surface area contributed by atoms with Gasteiger partial charge in [0.1, 0.15) is 4.21 Å². The van der Waals surface area contributed by atoms with Crippen LogP contribution in [-0.4, -0.2) is 8.42 Å². The fraction of sp³-hybridized carbons (Fsp3) is 0.158. The standard InChI is InChI=1S/C19H19NO2S2/c1-14-10-11-17(13-15(14)2)19(16-7-4-3-5-8-16)20-24(21,22)18-9-6-12-23-18/h3-13,19-20H,1-2H3/t19-/m1/s1. The predicted octanol–water partition coefficient (Wildman–Crippen LogP) is 4.43. The van der Waals surface area contributed by atoms with E-state index in [1.54, 1.807) is 17.5 Å². The Morgan fingerprint density at radius 1 is 0.875 bits per heavy atom. The Hall–Kier alpha value is -1.95. The molecule has 0 aliphatic carbocycles. The summed E-state index contributed by atoms with van der Waals surface area (Å²) < 4.78 is 28.6. The number of benzene rings is 2. The average Bonchev–Trinajstić information content (AvgIpc) is 3.12. The highest BCUT2D eigenvalue weighted by atomic mass is 32.2. The van der Waals surface area contributed by atoms with E-state index in [1.807, 2.05) is 62.4 Å². The quantitative estimate of drug-likeness (QED) is 0.734. The van der Waals surface area contributed by atoms with Gasteiger partial charge in [-0.1, -0.05) is 54.6 Å². The van der Waals surface area contributed by atoms with Crippen LogP contribution in [0.25, 0.3) is 0 Å². The molecule has 1 aromatic heterocycles. The fourth-order valence-electron chi connectivity index (χ4n) is 2.55. The third kappa shape index (κ3) is 3.59. The van der Waals surface area contributed by atoms with E-state index in [0.717, 1.165) is 16.7 Å². The lowest BCUT2D eigenvalue weighted by Gasteiger charge is -2.20. The van der Waals surface area contributed by atoms with E-state index in [4.69, 9.17) is 0 Å². The number of rotatable bonds is 5. The van der Waals surface area contributed by atoms with E-state index < -0.39 is 16.1 Å². The van der Waals surface area contributed by atoms with Crippen molar-refractivity contribution in [2.24, 2.45) is 0 Å². The maximum atomic E-state index is 12.7. The molecule has 24 heavy (non-hydrogen) atoms. The van der Waals surface area contributed by atoms with Crippen molar-refractivity contribution in [2.75, 3.05) is 0 Å². The minimum absolute atomic E-state index is 0.326. The number of sulfonamides is 1. The molecular weight excluding hydrogens is 338 g/mol. The molecule has 1 N–H and O–H groups in total. The molecule has 0 radical (unpaired) electrons. The van der Waals surface area contributed by atoms with E-state index in [0.29, 0.717) is 4.21 Å². The van der Waals surface area contributed by atoms with Crippen LogP contribution in [0.4, 0.5) is 0 Å². The summed E-state index contributed by atoms with van der Waals surface area (Å²) in [5, 5.41) is 1.77. The SMILES string of the molecule is Cc1ccc([C@H](NS(=O)(=O)c2cccs2)c2ccccc2)cc1C. The molecule has 0 saturated heterocycles. The molecule has 124 valence electrons. The second-order valence-corrected chi connectivity index (χ2v) is 8.63. The molecule has 0 unspecified atom stereocenters. The smallest absolute Gasteiger partial charge is 0.206 e. The molecule has 0 aliphatic rings. The molecule has 0 saturated carbocycles.